The Morgan fingerprint density at radius 1 is 1.10 bits per heavy atom. The van der Waals surface area contributed by atoms with Gasteiger partial charge in [-0.25, -0.2) is 0 Å². The van der Waals surface area contributed by atoms with Gasteiger partial charge in [-0.15, -0.1) is 0 Å². The summed E-state index contributed by atoms with van der Waals surface area (Å²) in [5, 5.41) is 0.392. The molecule has 0 unspecified atom stereocenters. The molecule has 0 aliphatic rings. The first-order valence-electron chi connectivity index (χ1n) is 5.71. The molecule has 0 saturated carbocycles. The molecule has 6 heteroatoms. The second kappa shape index (κ2) is 5.63. The summed E-state index contributed by atoms with van der Waals surface area (Å²) < 4.78 is 43.6. The Balaban J connectivity index is 2.21. The van der Waals surface area contributed by atoms with E-state index in [0.29, 0.717) is 16.3 Å². The van der Waals surface area contributed by atoms with Crippen molar-refractivity contribution in [2.75, 3.05) is 5.73 Å². The molecule has 106 valence electrons. The molecule has 0 radical (unpaired) electrons. The number of rotatable bonds is 3. The van der Waals surface area contributed by atoms with Crippen LogP contribution in [0, 0.1) is 0 Å². The second-order valence-corrected chi connectivity index (χ2v) is 4.54. The highest BCUT2D eigenvalue weighted by molar-refractivity contribution is 6.31. The number of halogens is 4. The van der Waals surface area contributed by atoms with Gasteiger partial charge < -0.3 is 10.5 Å². The number of nitrogens with two attached hydrogens (primary N) is 1. The van der Waals surface area contributed by atoms with Gasteiger partial charge in [-0.2, -0.15) is 13.2 Å². The van der Waals surface area contributed by atoms with Gasteiger partial charge in [0, 0.05) is 16.3 Å². The van der Waals surface area contributed by atoms with Crippen LogP contribution >= 0.6 is 11.6 Å². The lowest BCUT2D eigenvalue weighted by Gasteiger charge is -2.14. The minimum atomic E-state index is -4.46. The van der Waals surface area contributed by atoms with E-state index in [2.05, 4.69) is 0 Å². The third-order valence-corrected chi connectivity index (χ3v) is 3.01. The molecule has 2 aromatic carbocycles. The summed E-state index contributed by atoms with van der Waals surface area (Å²) in [6.07, 6.45) is -4.46. The molecule has 0 amide bonds. The van der Waals surface area contributed by atoms with Crippen LogP contribution in [-0.2, 0) is 12.8 Å². The normalized spacial score (nSPS) is 11.4. The first kappa shape index (κ1) is 14.5. The largest absolute Gasteiger partial charge is 0.488 e. The molecule has 0 saturated heterocycles. The zero-order valence-corrected chi connectivity index (χ0v) is 11.0. The van der Waals surface area contributed by atoms with Crippen LogP contribution in [0.3, 0.4) is 0 Å². The smallest absolute Gasteiger partial charge is 0.419 e. The molecule has 0 spiro atoms. The number of para-hydroxylation sites is 1. The quantitative estimate of drug-likeness (QED) is 0.846. The van der Waals surface area contributed by atoms with Gasteiger partial charge in [0.25, 0.3) is 0 Å². The summed E-state index contributed by atoms with van der Waals surface area (Å²) in [6, 6.07) is 9.77. The van der Waals surface area contributed by atoms with Crippen LogP contribution in [0.25, 0.3) is 0 Å². The zero-order valence-electron chi connectivity index (χ0n) is 10.2. The topological polar surface area (TPSA) is 35.2 Å². The molecule has 0 aliphatic carbocycles. The van der Waals surface area contributed by atoms with E-state index in [4.69, 9.17) is 22.1 Å². The van der Waals surface area contributed by atoms with Crippen molar-refractivity contribution in [2.24, 2.45) is 0 Å². The summed E-state index contributed by atoms with van der Waals surface area (Å²) in [5.41, 5.74) is 5.78. The maximum atomic E-state index is 12.8. The van der Waals surface area contributed by atoms with Gasteiger partial charge in [0.15, 0.2) is 0 Å². The number of hydrogen-bond acceptors (Lipinski definition) is 2. The van der Waals surface area contributed by atoms with Crippen LogP contribution in [0.15, 0.2) is 42.5 Å². The third kappa shape index (κ3) is 3.36. The van der Waals surface area contributed by atoms with E-state index in [9.17, 15) is 13.2 Å². The third-order valence-electron chi connectivity index (χ3n) is 2.65. The summed E-state index contributed by atoms with van der Waals surface area (Å²) >= 11 is 5.93. The van der Waals surface area contributed by atoms with Crippen molar-refractivity contribution in [1.82, 2.24) is 0 Å². The van der Waals surface area contributed by atoms with Crippen molar-refractivity contribution in [2.45, 2.75) is 12.8 Å². The average Bonchev–Trinajstić information content (AvgIpc) is 2.39. The van der Waals surface area contributed by atoms with E-state index in [1.165, 1.54) is 18.2 Å². The van der Waals surface area contributed by atoms with Gasteiger partial charge in [0.05, 0.1) is 5.56 Å². The van der Waals surface area contributed by atoms with Crippen LogP contribution in [0.5, 0.6) is 5.75 Å². The lowest BCUT2D eigenvalue weighted by Crippen LogP contribution is -2.08. The van der Waals surface area contributed by atoms with Crippen LogP contribution in [0.4, 0.5) is 18.9 Å². The minimum Gasteiger partial charge on any atom is -0.488 e. The van der Waals surface area contributed by atoms with E-state index >= 15 is 0 Å². The Kier molecular flexibility index (Phi) is 4.09. The van der Waals surface area contributed by atoms with Gasteiger partial charge in [-0.3, -0.25) is 0 Å². The maximum Gasteiger partial charge on any atom is 0.419 e. The van der Waals surface area contributed by atoms with Crippen molar-refractivity contribution in [3.05, 3.63) is 58.6 Å². The number of hydrogen-bond donors (Lipinski definition) is 1. The van der Waals surface area contributed by atoms with E-state index in [1.54, 1.807) is 18.2 Å². The lowest BCUT2D eigenvalue weighted by atomic mass is 10.2. The molecule has 0 heterocycles. The fraction of sp³-hybridized carbons (Fsp3) is 0.143. The number of ether oxygens (including phenoxy) is 1. The minimum absolute atomic E-state index is 0.0863. The summed E-state index contributed by atoms with van der Waals surface area (Å²) in [7, 11) is 0. The van der Waals surface area contributed by atoms with Gasteiger partial charge in [-0.05, 0) is 30.3 Å². The SMILES string of the molecule is Nc1ccc(Cl)c(COc2ccccc2C(F)(F)F)c1. The number of alkyl halides is 3. The van der Waals surface area contributed by atoms with E-state index < -0.39 is 11.7 Å². The first-order valence-corrected chi connectivity index (χ1v) is 6.08. The molecular weight excluding hydrogens is 291 g/mol. The van der Waals surface area contributed by atoms with Crippen molar-refractivity contribution in [3.63, 3.8) is 0 Å². The summed E-state index contributed by atoms with van der Waals surface area (Å²) in [6.45, 7) is -0.0863. The maximum absolute atomic E-state index is 12.8. The number of nitrogen functional groups attached to an aromatic ring is 1. The second-order valence-electron chi connectivity index (χ2n) is 4.13. The Bertz CT molecular complexity index is 614. The molecule has 2 rings (SSSR count). The molecule has 2 N–H and O–H groups in total. The van der Waals surface area contributed by atoms with Crippen LogP contribution in [-0.4, -0.2) is 0 Å². The Hall–Kier alpha value is -1.88. The molecule has 2 nitrogen and oxygen atoms in total. The van der Waals surface area contributed by atoms with Gasteiger partial charge in [0.2, 0.25) is 0 Å². The lowest BCUT2D eigenvalue weighted by molar-refractivity contribution is -0.139. The molecule has 20 heavy (non-hydrogen) atoms. The van der Waals surface area contributed by atoms with Gasteiger partial charge in [0.1, 0.15) is 12.4 Å². The zero-order chi connectivity index (χ0) is 14.8. The average molecular weight is 302 g/mol. The highest BCUT2D eigenvalue weighted by Crippen LogP contribution is 2.36. The first-order chi connectivity index (χ1) is 9.38. The highest BCUT2D eigenvalue weighted by Gasteiger charge is 2.34. The molecule has 0 bridgehead atoms. The van der Waals surface area contributed by atoms with Crippen LogP contribution in [0.2, 0.25) is 5.02 Å². The van der Waals surface area contributed by atoms with Crippen molar-refractivity contribution < 1.29 is 17.9 Å². The van der Waals surface area contributed by atoms with E-state index in [0.717, 1.165) is 6.07 Å². The van der Waals surface area contributed by atoms with Gasteiger partial charge in [-0.1, -0.05) is 23.7 Å². The predicted octanol–water partition coefficient (Wildman–Crippen LogP) is 4.52. The van der Waals surface area contributed by atoms with Crippen molar-refractivity contribution in [1.29, 1.82) is 0 Å². The van der Waals surface area contributed by atoms with Crippen molar-refractivity contribution in [3.8, 4) is 5.75 Å². The van der Waals surface area contributed by atoms with Crippen LogP contribution in [0.1, 0.15) is 11.1 Å². The summed E-state index contributed by atoms with van der Waals surface area (Å²) in [4.78, 5) is 0. The number of anilines is 1. The summed E-state index contributed by atoms with van der Waals surface area (Å²) in [5.74, 6) is -0.238. The number of benzene rings is 2. The molecule has 2 aromatic rings. The highest BCUT2D eigenvalue weighted by atomic mass is 35.5. The van der Waals surface area contributed by atoms with E-state index in [1.807, 2.05) is 0 Å². The van der Waals surface area contributed by atoms with E-state index in [-0.39, 0.29) is 12.4 Å². The monoisotopic (exact) mass is 301 g/mol. The van der Waals surface area contributed by atoms with Gasteiger partial charge >= 0.3 is 6.18 Å². The molecule has 0 atom stereocenters. The molecule has 0 aromatic heterocycles. The Morgan fingerprint density at radius 3 is 2.50 bits per heavy atom. The predicted molar refractivity (Wildman–Crippen MR) is 71.6 cm³/mol. The fourth-order valence-corrected chi connectivity index (χ4v) is 1.86. The van der Waals surface area contributed by atoms with Crippen molar-refractivity contribution >= 4 is 17.3 Å². The van der Waals surface area contributed by atoms with Crippen LogP contribution < -0.4 is 10.5 Å². The Labute approximate surface area is 118 Å². The molecular formula is C14H11ClF3NO. The Morgan fingerprint density at radius 2 is 1.80 bits per heavy atom. The fourth-order valence-electron chi connectivity index (χ4n) is 1.69. The standard InChI is InChI=1S/C14H11ClF3NO/c15-12-6-5-10(19)7-9(12)8-20-13-4-2-1-3-11(13)14(16,17)18/h1-7H,8,19H2. The molecule has 0 aliphatic heterocycles. The molecule has 0 fully saturated rings.